The first-order valence-corrected chi connectivity index (χ1v) is 10.5. The number of benzene rings is 1. The van der Waals surface area contributed by atoms with E-state index < -0.39 is 28.0 Å². The van der Waals surface area contributed by atoms with Crippen LogP contribution in [0.1, 0.15) is 38.7 Å². The average molecular weight is 397 g/mol. The van der Waals surface area contributed by atoms with Crippen molar-refractivity contribution < 1.29 is 18.0 Å². The molecule has 0 bridgehead atoms. The third-order valence-electron chi connectivity index (χ3n) is 4.64. The van der Waals surface area contributed by atoms with Crippen molar-refractivity contribution in [1.82, 2.24) is 9.62 Å². The van der Waals surface area contributed by atoms with E-state index in [1.165, 1.54) is 10.4 Å². The van der Waals surface area contributed by atoms with Crippen molar-refractivity contribution in [3.8, 4) is 0 Å². The van der Waals surface area contributed by atoms with Gasteiger partial charge in [-0.1, -0.05) is 26.3 Å². The number of hydrogen-bond acceptors (Lipinski definition) is 4. The Morgan fingerprint density at radius 1 is 1.15 bits per heavy atom. The zero-order valence-electron chi connectivity index (χ0n) is 16.0. The average Bonchev–Trinajstić information content (AvgIpc) is 2.61. The fourth-order valence-corrected chi connectivity index (χ4v) is 4.88. The van der Waals surface area contributed by atoms with Crippen LogP contribution >= 0.6 is 0 Å². The van der Waals surface area contributed by atoms with Crippen LogP contribution in [0.5, 0.6) is 0 Å². The zero-order chi connectivity index (χ0) is 20.2. The Morgan fingerprint density at radius 3 is 2.33 bits per heavy atom. The molecule has 0 aliphatic carbocycles. The highest BCUT2D eigenvalue weighted by Crippen LogP contribution is 2.26. The topological polar surface area (TPSA) is 122 Å². The second-order valence-corrected chi connectivity index (χ2v) is 9.07. The van der Waals surface area contributed by atoms with Crippen LogP contribution in [0, 0.1) is 12.8 Å². The summed E-state index contributed by atoms with van der Waals surface area (Å²) < 4.78 is 27.4. The maximum Gasteiger partial charge on any atom is 0.312 e. The quantitative estimate of drug-likeness (QED) is 0.679. The summed E-state index contributed by atoms with van der Waals surface area (Å²) in [5.74, 6) is -0.631. The fraction of sp³-hybridized carbons (Fsp3) is 0.556. The summed E-state index contributed by atoms with van der Waals surface area (Å²) in [6.07, 6.45) is 2.73. The summed E-state index contributed by atoms with van der Waals surface area (Å²) in [7, 11) is -3.61. The SMILES string of the molecule is Cc1ccc(NC(=O)C(NC(N)=O)C(C)C)cc1S(=O)(=O)N1CCCCC1. The molecule has 1 unspecified atom stereocenters. The van der Waals surface area contributed by atoms with Gasteiger partial charge >= 0.3 is 6.03 Å². The van der Waals surface area contributed by atoms with E-state index in [2.05, 4.69) is 10.6 Å². The van der Waals surface area contributed by atoms with E-state index in [0.29, 0.717) is 24.3 Å². The van der Waals surface area contributed by atoms with Gasteiger partial charge in [0.25, 0.3) is 0 Å². The molecule has 0 aromatic heterocycles. The first kappa shape index (κ1) is 21.2. The molecule has 9 heteroatoms. The van der Waals surface area contributed by atoms with Crippen molar-refractivity contribution in [1.29, 1.82) is 0 Å². The Kier molecular flexibility index (Phi) is 6.83. The summed E-state index contributed by atoms with van der Waals surface area (Å²) in [4.78, 5) is 23.8. The van der Waals surface area contributed by atoms with E-state index in [1.54, 1.807) is 32.9 Å². The molecule has 1 heterocycles. The predicted octanol–water partition coefficient (Wildman–Crippen LogP) is 1.80. The van der Waals surface area contributed by atoms with E-state index >= 15 is 0 Å². The van der Waals surface area contributed by atoms with Crippen molar-refractivity contribution in [2.45, 2.75) is 51.0 Å². The highest BCUT2D eigenvalue weighted by Gasteiger charge is 2.28. The summed E-state index contributed by atoms with van der Waals surface area (Å²) in [5, 5.41) is 5.09. The largest absolute Gasteiger partial charge is 0.352 e. The first-order valence-electron chi connectivity index (χ1n) is 9.10. The van der Waals surface area contributed by atoms with Crippen molar-refractivity contribution in [3.63, 3.8) is 0 Å². The van der Waals surface area contributed by atoms with Crippen LogP contribution in [0.25, 0.3) is 0 Å². The number of amides is 3. The number of rotatable bonds is 6. The Morgan fingerprint density at radius 2 is 1.78 bits per heavy atom. The number of urea groups is 1. The molecule has 1 aromatic carbocycles. The van der Waals surface area contributed by atoms with Gasteiger partial charge in [0.15, 0.2) is 0 Å². The standard InChI is InChI=1S/C18H28N4O4S/c1-12(2)16(21-18(19)24)17(23)20-14-8-7-13(3)15(11-14)27(25,26)22-9-5-4-6-10-22/h7-8,11-12,16H,4-6,9-10H2,1-3H3,(H,20,23)(H3,19,21,24). The van der Waals surface area contributed by atoms with Crippen molar-refractivity contribution in [3.05, 3.63) is 23.8 Å². The zero-order valence-corrected chi connectivity index (χ0v) is 16.8. The molecule has 2 rings (SSSR count). The Balaban J connectivity index is 2.26. The third kappa shape index (κ3) is 5.20. The molecule has 1 atom stereocenters. The summed E-state index contributed by atoms with van der Waals surface area (Å²) in [6, 6.07) is 3.17. The number of anilines is 1. The molecule has 1 aliphatic rings. The summed E-state index contributed by atoms with van der Waals surface area (Å²) in [5.41, 5.74) is 6.11. The number of carbonyl (C=O) groups excluding carboxylic acids is 2. The molecule has 3 amide bonds. The second kappa shape index (κ2) is 8.71. The molecule has 1 saturated heterocycles. The van der Waals surface area contributed by atoms with Gasteiger partial charge in [0.1, 0.15) is 6.04 Å². The second-order valence-electron chi connectivity index (χ2n) is 7.16. The van der Waals surface area contributed by atoms with Crippen molar-refractivity contribution in [2.24, 2.45) is 11.7 Å². The van der Waals surface area contributed by atoms with E-state index in [-0.39, 0.29) is 10.8 Å². The maximum absolute atomic E-state index is 13.0. The highest BCUT2D eigenvalue weighted by molar-refractivity contribution is 7.89. The molecule has 150 valence electrons. The number of nitrogens with two attached hydrogens (primary N) is 1. The minimum Gasteiger partial charge on any atom is -0.352 e. The van der Waals surface area contributed by atoms with Gasteiger partial charge in [-0.15, -0.1) is 0 Å². The fourth-order valence-electron chi connectivity index (χ4n) is 3.11. The number of sulfonamides is 1. The maximum atomic E-state index is 13.0. The lowest BCUT2D eigenvalue weighted by Gasteiger charge is -2.27. The highest BCUT2D eigenvalue weighted by atomic mass is 32.2. The van der Waals surface area contributed by atoms with Gasteiger partial charge < -0.3 is 16.4 Å². The molecule has 8 nitrogen and oxygen atoms in total. The van der Waals surface area contributed by atoms with Gasteiger partial charge in [-0.3, -0.25) is 4.79 Å². The predicted molar refractivity (Wildman–Crippen MR) is 104 cm³/mol. The molecule has 0 spiro atoms. The smallest absolute Gasteiger partial charge is 0.312 e. The Bertz CT molecular complexity index is 802. The van der Waals surface area contributed by atoms with Gasteiger partial charge in [-0.25, -0.2) is 13.2 Å². The number of nitrogens with one attached hydrogen (secondary N) is 2. The molecule has 0 saturated carbocycles. The molecule has 27 heavy (non-hydrogen) atoms. The van der Waals surface area contributed by atoms with Crippen LogP contribution in [0.3, 0.4) is 0 Å². The van der Waals surface area contributed by atoms with Crippen LogP contribution in [-0.4, -0.2) is 43.8 Å². The van der Waals surface area contributed by atoms with Crippen molar-refractivity contribution >= 4 is 27.6 Å². The number of aryl methyl sites for hydroxylation is 1. The van der Waals surface area contributed by atoms with Crippen LogP contribution in [-0.2, 0) is 14.8 Å². The normalized spacial score (nSPS) is 16.7. The lowest BCUT2D eigenvalue weighted by Crippen LogP contribution is -2.49. The van der Waals surface area contributed by atoms with Gasteiger partial charge in [0.2, 0.25) is 15.9 Å². The number of nitrogens with zero attached hydrogens (tertiary/aromatic N) is 1. The lowest BCUT2D eigenvalue weighted by atomic mass is 10.0. The van der Waals surface area contributed by atoms with Gasteiger partial charge in [-0.2, -0.15) is 4.31 Å². The van der Waals surface area contributed by atoms with Crippen LogP contribution in [0.4, 0.5) is 10.5 Å². The molecule has 1 aromatic rings. The molecular formula is C18H28N4O4S. The van der Waals surface area contributed by atoms with Crippen LogP contribution in [0.15, 0.2) is 23.1 Å². The van der Waals surface area contributed by atoms with E-state index in [0.717, 1.165) is 19.3 Å². The minimum atomic E-state index is -3.61. The van der Waals surface area contributed by atoms with Crippen LogP contribution < -0.4 is 16.4 Å². The lowest BCUT2D eigenvalue weighted by molar-refractivity contribution is -0.118. The number of primary amides is 1. The number of carbonyl (C=O) groups is 2. The molecule has 1 fully saturated rings. The van der Waals surface area contributed by atoms with E-state index in [4.69, 9.17) is 5.73 Å². The third-order valence-corrected chi connectivity index (χ3v) is 6.68. The summed E-state index contributed by atoms with van der Waals surface area (Å²) >= 11 is 0. The summed E-state index contributed by atoms with van der Waals surface area (Å²) in [6.45, 7) is 6.31. The molecule has 4 N–H and O–H groups in total. The molecular weight excluding hydrogens is 368 g/mol. The number of piperidine rings is 1. The first-order chi connectivity index (χ1) is 12.6. The van der Waals surface area contributed by atoms with E-state index in [1.807, 2.05) is 0 Å². The minimum absolute atomic E-state index is 0.181. The van der Waals surface area contributed by atoms with E-state index in [9.17, 15) is 18.0 Å². The Labute approximate surface area is 160 Å². The number of hydrogen-bond donors (Lipinski definition) is 3. The monoisotopic (exact) mass is 396 g/mol. The molecule has 1 aliphatic heterocycles. The molecule has 0 radical (unpaired) electrons. The van der Waals surface area contributed by atoms with Gasteiger partial charge in [0.05, 0.1) is 4.90 Å². The van der Waals surface area contributed by atoms with Crippen molar-refractivity contribution in [2.75, 3.05) is 18.4 Å². The van der Waals surface area contributed by atoms with Gasteiger partial charge in [0, 0.05) is 18.8 Å². The van der Waals surface area contributed by atoms with Crippen LogP contribution in [0.2, 0.25) is 0 Å². The Hall–Kier alpha value is -2.13. The van der Waals surface area contributed by atoms with Gasteiger partial charge in [-0.05, 0) is 43.4 Å².